The average Bonchev–Trinajstić information content (AvgIpc) is 3.06. The molecular weight excluding hydrogens is 348 g/mol. The van der Waals surface area contributed by atoms with Crippen molar-refractivity contribution >= 4 is 17.6 Å². The van der Waals surface area contributed by atoms with E-state index in [1.807, 2.05) is 4.90 Å². The van der Waals surface area contributed by atoms with Crippen molar-refractivity contribution in [3.8, 4) is 11.5 Å². The molecule has 0 radical (unpaired) electrons. The minimum absolute atomic E-state index is 0.163. The summed E-state index contributed by atoms with van der Waals surface area (Å²) in [6.07, 6.45) is 5.24. The molecule has 1 aromatic carbocycles. The number of likely N-dealkylation sites (tertiary alicyclic amines) is 1. The van der Waals surface area contributed by atoms with Crippen molar-refractivity contribution in [1.82, 2.24) is 4.90 Å². The van der Waals surface area contributed by atoms with Gasteiger partial charge in [0.25, 0.3) is 0 Å². The highest BCUT2D eigenvalue weighted by atomic mass is 16.5. The van der Waals surface area contributed by atoms with Gasteiger partial charge in [-0.1, -0.05) is 12.8 Å². The summed E-state index contributed by atoms with van der Waals surface area (Å²) in [6.45, 7) is 0.163. The van der Waals surface area contributed by atoms with Crippen molar-refractivity contribution in [2.24, 2.45) is 5.92 Å². The van der Waals surface area contributed by atoms with Gasteiger partial charge >= 0.3 is 5.97 Å². The largest absolute Gasteiger partial charge is 0.497 e. The number of fused-ring (bicyclic) bond motifs is 1. The van der Waals surface area contributed by atoms with Crippen molar-refractivity contribution in [3.63, 3.8) is 0 Å². The van der Waals surface area contributed by atoms with Crippen molar-refractivity contribution in [3.05, 3.63) is 18.2 Å². The van der Waals surface area contributed by atoms with Gasteiger partial charge in [0, 0.05) is 12.1 Å². The molecule has 27 heavy (non-hydrogen) atoms. The first-order valence-corrected chi connectivity index (χ1v) is 9.42. The fourth-order valence-electron chi connectivity index (χ4n) is 4.41. The number of anilines is 1. The van der Waals surface area contributed by atoms with E-state index in [2.05, 4.69) is 5.32 Å². The van der Waals surface area contributed by atoms with Gasteiger partial charge in [0.1, 0.15) is 17.5 Å². The highest BCUT2D eigenvalue weighted by Crippen LogP contribution is 2.40. The zero-order valence-electron chi connectivity index (χ0n) is 16.2. The number of hydrogen-bond acceptors (Lipinski definition) is 6. The molecule has 1 aromatic rings. The average molecular weight is 376 g/mol. The molecule has 3 atom stereocenters. The van der Waals surface area contributed by atoms with E-state index in [1.165, 1.54) is 13.5 Å². The summed E-state index contributed by atoms with van der Waals surface area (Å²) >= 11 is 0. The first kappa shape index (κ1) is 19.5. The number of nitrogens with zero attached hydrogens (tertiary/aromatic N) is 1. The van der Waals surface area contributed by atoms with Crippen molar-refractivity contribution < 1.29 is 23.8 Å². The Kier molecular flexibility index (Phi) is 6.21. The van der Waals surface area contributed by atoms with Crippen LogP contribution in [0.1, 0.15) is 32.1 Å². The summed E-state index contributed by atoms with van der Waals surface area (Å²) in [7, 11) is 4.53. The quantitative estimate of drug-likeness (QED) is 0.769. The van der Waals surface area contributed by atoms with Crippen LogP contribution in [0, 0.1) is 5.92 Å². The van der Waals surface area contributed by atoms with Gasteiger partial charge in [-0.2, -0.15) is 0 Å². The van der Waals surface area contributed by atoms with Crippen LogP contribution in [0.25, 0.3) is 0 Å². The molecule has 2 aliphatic rings. The maximum Gasteiger partial charge on any atom is 0.323 e. The van der Waals surface area contributed by atoms with Crippen molar-refractivity contribution in [2.45, 2.75) is 44.2 Å². The third-order valence-electron chi connectivity index (χ3n) is 5.70. The molecule has 0 spiro atoms. The molecule has 7 nitrogen and oxygen atoms in total. The number of rotatable bonds is 6. The number of ether oxygens (including phenoxy) is 3. The Labute approximate surface area is 160 Å². The SMILES string of the molecule is COC(=O)[C@@H]1C[C@@H]2CCCC[C@@H]2N1CC(=O)Nc1ccc(OC)cc1OC. The first-order valence-electron chi connectivity index (χ1n) is 9.42. The Bertz CT molecular complexity index is 693. The summed E-state index contributed by atoms with van der Waals surface area (Å²) in [6, 6.07) is 5.17. The molecule has 2 fully saturated rings. The third-order valence-corrected chi connectivity index (χ3v) is 5.70. The molecule has 1 saturated carbocycles. The highest BCUT2D eigenvalue weighted by molar-refractivity contribution is 5.94. The van der Waals surface area contributed by atoms with Gasteiger partial charge in [0.2, 0.25) is 5.91 Å². The third kappa shape index (κ3) is 4.18. The van der Waals surface area contributed by atoms with Crippen LogP contribution >= 0.6 is 0 Å². The van der Waals surface area contributed by atoms with Crippen LogP contribution in [0.15, 0.2) is 18.2 Å². The maximum atomic E-state index is 12.7. The Hall–Kier alpha value is -2.28. The number of carbonyl (C=O) groups is 2. The molecule has 1 aliphatic carbocycles. The topological polar surface area (TPSA) is 77.1 Å². The fourth-order valence-corrected chi connectivity index (χ4v) is 4.41. The van der Waals surface area contributed by atoms with E-state index in [0.717, 1.165) is 25.7 Å². The Balaban J connectivity index is 1.72. The number of methoxy groups -OCH3 is 3. The number of amides is 1. The Morgan fingerprint density at radius 2 is 1.93 bits per heavy atom. The molecule has 1 amide bonds. The second-order valence-corrected chi connectivity index (χ2v) is 7.17. The van der Waals surface area contributed by atoms with Crippen molar-refractivity contribution in [1.29, 1.82) is 0 Å². The molecule has 1 aliphatic heterocycles. The smallest absolute Gasteiger partial charge is 0.323 e. The lowest BCUT2D eigenvalue weighted by atomic mass is 9.85. The van der Waals surface area contributed by atoms with Crippen LogP contribution in [-0.2, 0) is 14.3 Å². The standard InChI is InChI=1S/C20H28N2O5/c1-25-14-8-9-15(18(11-14)26-2)21-19(23)12-22-16-7-5-4-6-13(16)10-17(22)20(24)27-3/h8-9,11,13,16-17H,4-7,10,12H2,1-3H3,(H,21,23)/t13-,16-,17-/m0/s1. The van der Waals surface area contributed by atoms with Crippen LogP contribution in [0.5, 0.6) is 11.5 Å². The van der Waals surface area contributed by atoms with Gasteiger partial charge in [-0.25, -0.2) is 0 Å². The molecule has 7 heteroatoms. The molecule has 0 aromatic heterocycles. The fraction of sp³-hybridized carbons (Fsp3) is 0.600. The van der Waals surface area contributed by atoms with Crippen LogP contribution in [0.2, 0.25) is 0 Å². The van der Waals surface area contributed by atoms with Crippen LogP contribution < -0.4 is 14.8 Å². The lowest BCUT2D eigenvalue weighted by Gasteiger charge is -2.32. The van der Waals surface area contributed by atoms with E-state index in [-0.39, 0.29) is 30.5 Å². The van der Waals surface area contributed by atoms with E-state index in [4.69, 9.17) is 14.2 Å². The number of benzene rings is 1. The minimum Gasteiger partial charge on any atom is -0.497 e. The summed E-state index contributed by atoms with van der Waals surface area (Å²) in [5.74, 6) is 1.23. The molecule has 0 bridgehead atoms. The molecule has 148 valence electrons. The number of hydrogen-bond donors (Lipinski definition) is 1. The maximum absolute atomic E-state index is 12.7. The molecule has 1 heterocycles. The van der Waals surface area contributed by atoms with Crippen LogP contribution in [0.4, 0.5) is 5.69 Å². The first-order chi connectivity index (χ1) is 13.1. The zero-order chi connectivity index (χ0) is 19.4. The molecule has 3 rings (SSSR count). The van der Waals surface area contributed by atoms with E-state index in [1.54, 1.807) is 32.4 Å². The van der Waals surface area contributed by atoms with E-state index < -0.39 is 0 Å². The van der Waals surface area contributed by atoms with E-state index in [0.29, 0.717) is 23.1 Å². The van der Waals surface area contributed by atoms with E-state index in [9.17, 15) is 9.59 Å². The molecule has 1 saturated heterocycles. The lowest BCUT2D eigenvalue weighted by molar-refractivity contribution is -0.146. The summed E-state index contributed by atoms with van der Waals surface area (Å²) in [5.41, 5.74) is 0.581. The summed E-state index contributed by atoms with van der Waals surface area (Å²) in [5, 5.41) is 2.90. The number of carbonyl (C=O) groups excluding carboxylic acids is 2. The Morgan fingerprint density at radius 1 is 1.15 bits per heavy atom. The van der Waals surface area contributed by atoms with Gasteiger partial charge in [0.05, 0.1) is 33.6 Å². The van der Waals surface area contributed by atoms with Gasteiger partial charge in [-0.15, -0.1) is 0 Å². The normalized spacial score (nSPS) is 24.8. The highest BCUT2D eigenvalue weighted by Gasteiger charge is 2.46. The Morgan fingerprint density at radius 3 is 2.63 bits per heavy atom. The zero-order valence-corrected chi connectivity index (χ0v) is 16.2. The number of esters is 1. The predicted octanol–water partition coefficient (Wildman–Crippen LogP) is 2.45. The molecule has 0 unspecified atom stereocenters. The summed E-state index contributed by atoms with van der Waals surface area (Å²) in [4.78, 5) is 27.0. The second kappa shape index (κ2) is 8.61. The molecule has 1 N–H and O–H groups in total. The minimum atomic E-state index is -0.341. The lowest BCUT2D eigenvalue weighted by Crippen LogP contribution is -2.46. The van der Waals surface area contributed by atoms with Gasteiger partial charge < -0.3 is 19.5 Å². The van der Waals surface area contributed by atoms with Gasteiger partial charge in [-0.05, 0) is 37.3 Å². The second-order valence-electron chi connectivity index (χ2n) is 7.17. The van der Waals surface area contributed by atoms with Crippen LogP contribution in [-0.4, -0.2) is 56.7 Å². The summed E-state index contributed by atoms with van der Waals surface area (Å²) < 4.78 is 15.5. The number of nitrogens with one attached hydrogen (secondary N) is 1. The van der Waals surface area contributed by atoms with E-state index >= 15 is 0 Å². The molecular formula is C20H28N2O5. The van der Waals surface area contributed by atoms with Gasteiger partial charge in [-0.3, -0.25) is 14.5 Å². The van der Waals surface area contributed by atoms with Gasteiger partial charge in [0.15, 0.2) is 0 Å². The van der Waals surface area contributed by atoms with Crippen LogP contribution in [0.3, 0.4) is 0 Å². The monoisotopic (exact) mass is 376 g/mol. The van der Waals surface area contributed by atoms with Crippen molar-refractivity contribution in [2.75, 3.05) is 33.2 Å². The predicted molar refractivity (Wildman–Crippen MR) is 101 cm³/mol.